The number of aromatic nitrogens is 2. The van der Waals surface area contributed by atoms with E-state index in [9.17, 15) is 18.4 Å². The molecule has 1 N–H and O–H groups in total. The molecule has 3 rings (SSSR count). The van der Waals surface area contributed by atoms with Crippen LogP contribution in [0.1, 0.15) is 52.1 Å². The number of amides is 2. The van der Waals surface area contributed by atoms with Gasteiger partial charge < -0.3 is 10.2 Å². The number of nitrogens with one attached hydrogen (secondary N) is 1. The zero-order valence-electron chi connectivity index (χ0n) is 16.5. The van der Waals surface area contributed by atoms with E-state index in [1.165, 1.54) is 11.0 Å². The smallest absolute Gasteiger partial charge is 0.274 e. The summed E-state index contributed by atoms with van der Waals surface area (Å²) in [6.45, 7) is 5.70. The lowest BCUT2D eigenvalue weighted by Crippen LogP contribution is -2.36. The van der Waals surface area contributed by atoms with E-state index in [0.29, 0.717) is 24.1 Å². The van der Waals surface area contributed by atoms with Gasteiger partial charge in [0.15, 0.2) is 0 Å². The van der Waals surface area contributed by atoms with E-state index in [1.807, 2.05) is 19.1 Å². The number of carbonyl (C=O) groups is 2. The lowest BCUT2D eigenvalue weighted by molar-refractivity contribution is 0.0739. The predicted octanol–water partition coefficient (Wildman–Crippen LogP) is 3.80. The summed E-state index contributed by atoms with van der Waals surface area (Å²) in [6, 6.07) is 2.98. The SMILES string of the molecule is CCCC1C=CCN1C(=O)c1cc(NC(=O)c2cc(C)nc(C)n2)c(F)cc1F. The summed E-state index contributed by atoms with van der Waals surface area (Å²) in [5.41, 5.74) is 0.0642. The molecule has 1 atom stereocenters. The first kappa shape index (κ1) is 20.6. The molecule has 8 heteroatoms. The number of halogens is 2. The number of rotatable bonds is 5. The van der Waals surface area contributed by atoms with Crippen LogP contribution in [0.5, 0.6) is 0 Å². The van der Waals surface area contributed by atoms with Crippen LogP contribution in [0.4, 0.5) is 14.5 Å². The molecule has 0 spiro atoms. The molecule has 0 radical (unpaired) electrons. The average molecular weight is 400 g/mol. The summed E-state index contributed by atoms with van der Waals surface area (Å²) in [5.74, 6) is -2.76. The number of hydrogen-bond acceptors (Lipinski definition) is 4. The highest BCUT2D eigenvalue weighted by molar-refractivity contribution is 6.04. The van der Waals surface area contributed by atoms with Crippen molar-refractivity contribution in [3.05, 3.63) is 64.8 Å². The van der Waals surface area contributed by atoms with E-state index in [2.05, 4.69) is 15.3 Å². The van der Waals surface area contributed by atoms with Gasteiger partial charge in [-0.3, -0.25) is 9.59 Å². The minimum atomic E-state index is -0.973. The van der Waals surface area contributed by atoms with E-state index in [4.69, 9.17) is 0 Å². The van der Waals surface area contributed by atoms with Crippen molar-refractivity contribution in [3.63, 3.8) is 0 Å². The van der Waals surface area contributed by atoms with Crippen LogP contribution >= 0.6 is 0 Å². The van der Waals surface area contributed by atoms with Crippen LogP contribution in [0.15, 0.2) is 30.4 Å². The normalized spacial score (nSPS) is 15.6. The summed E-state index contributed by atoms with van der Waals surface area (Å²) in [6.07, 6.45) is 5.37. The molecular formula is C21H22F2N4O2. The molecule has 2 heterocycles. The van der Waals surface area contributed by atoms with Gasteiger partial charge in [0, 0.05) is 18.3 Å². The van der Waals surface area contributed by atoms with E-state index in [-0.39, 0.29) is 23.0 Å². The molecule has 1 aliphatic heterocycles. The van der Waals surface area contributed by atoms with Crippen LogP contribution in [0.2, 0.25) is 0 Å². The molecule has 6 nitrogen and oxygen atoms in total. The summed E-state index contributed by atoms with van der Waals surface area (Å²) in [4.78, 5) is 35.0. The van der Waals surface area contributed by atoms with Gasteiger partial charge in [-0.15, -0.1) is 0 Å². The van der Waals surface area contributed by atoms with Gasteiger partial charge in [0.1, 0.15) is 23.2 Å². The third kappa shape index (κ3) is 4.47. The zero-order chi connectivity index (χ0) is 21.1. The third-order valence-corrected chi connectivity index (χ3v) is 4.64. The van der Waals surface area contributed by atoms with Crippen molar-refractivity contribution in [2.75, 3.05) is 11.9 Å². The van der Waals surface area contributed by atoms with Crippen molar-refractivity contribution in [1.82, 2.24) is 14.9 Å². The predicted molar refractivity (Wildman–Crippen MR) is 105 cm³/mol. The number of hydrogen-bond donors (Lipinski definition) is 1. The molecule has 2 aromatic rings. The third-order valence-electron chi connectivity index (χ3n) is 4.64. The molecule has 1 aromatic carbocycles. The first-order valence-electron chi connectivity index (χ1n) is 9.40. The van der Waals surface area contributed by atoms with E-state index in [1.54, 1.807) is 13.8 Å². The highest BCUT2D eigenvalue weighted by Gasteiger charge is 2.28. The molecular weight excluding hydrogens is 378 g/mol. The molecule has 0 saturated carbocycles. The van der Waals surface area contributed by atoms with Gasteiger partial charge in [0.2, 0.25) is 0 Å². The van der Waals surface area contributed by atoms with Crippen LogP contribution in [0.3, 0.4) is 0 Å². The minimum absolute atomic E-state index is 0.0540. The zero-order valence-corrected chi connectivity index (χ0v) is 16.5. The largest absolute Gasteiger partial charge is 0.328 e. The summed E-state index contributed by atoms with van der Waals surface area (Å²) >= 11 is 0. The monoisotopic (exact) mass is 400 g/mol. The Bertz CT molecular complexity index is 971. The molecule has 1 unspecified atom stereocenters. The Hall–Kier alpha value is -3.16. The Kier molecular flexibility index (Phi) is 6.00. The number of benzene rings is 1. The number of anilines is 1. The summed E-state index contributed by atoms with van der Waals surface area (Å²) in [7, 11) is 0. The molecule has 29 heavy (non-hydrogen) atoms. The summed E-state index contributed by atoms with van der Waals surface area (Å²) < 4.78 is 28.7. The van der Waals surface area contributed by atoms with Crippen molar-refractivity contribution >= 4 is 17.5 Å². The quantitative estimate of drug-likeness (QED) is 0.775. The van der Waals surface area contributed by atoms with Gasteiger partial charge in [0.25, 0.3) is 11.8 Å². The van der Waals surface area contributed by atoms with E-state index >= 15 is 0 Å². The van der Waals surface area contributed by atoms with Crippen molar-refractivity contribution in [1.29, 1.82) is 0 Å². The van der Waals surface area contributed by atoms with Crippen LogP contribution in [-0.2, 0) is 0 Å². The van der Waals surface area contributed by atoms with E-state index < -0.39 is 23.4 Å². The lowest BCUT2D eigenvalue weighted by atomic mass is 10.1. The highest BCUT2D eigenvalue weighted by atomic mass is 19.1. The lowest BCUT2D eigenvalue weighted by Gasteiger charge is -2.25. The van der Waals surface area contributed by atoms with Gasteiger partial charge in [0.05, 0.1) is 17.3 Å². The van der Waals surface area contributed by atoms with Crippen LogP contribution < -0.4 is 5.32 Å². The van der Waals surface area contributed by atoms with Gasteiger partial charge in [-0.25, -0.2) is 18.7 Å². The fourth-order valence-corrected chi connectivity index (χ4v) is 3.34. The van der Waals surface area contributed by atoms with Crippen LogP contribution in [0, 0.1) is 25.5 Å². The van der Waals surface area contributed by atoms with Crippen LogP contribution in [-0.4, -0.2) is 39.3 Å². The van der Waals surface area contributed by atoms with Gasteiger partial charge >= 0.3 is 0 Å². The minimum Gasteiger partial charge on any atom is -0.328 e. The second-order valence-electron chi connectivity index (χ2n) is 6.95. The topological polar surface area (TPSA) is 75.2 Å². The maximum atomic E-state index is 14.4. The second kappa shape index (κ2) is 8.46. The summed E-state index contributed by atoms with van der Waals surface area (Å²) in [5, 5.41) is 2.37. The molecule has 2 amide bonds. The van der Waals surface area contributed by atoms with E-state index in [0.717, 1.165) is 18.9 Å². The second-order valence-corrected chi connectivity index (χ2v) is 6.95. The first-order chi connectivity index (χ1) is 13.8. The van der Waals surface area contributed by atoms with Crippen molar-refractivity contribution in [2.24, 2.45) is 0 Å². The Morgan fingerprint density at radius 2 is 1.93 bits per heavy atom. The highest BCUT2D eigenvalue weighted by Crippen LogP contribution is 2.24. The molecule has 152 valence electrons. The Morgan fingerprint density at radius 1 is 1.17 bits per heavy atom. The Balaban J connectivity index is 1.87. The average Bonchev–Trinajstić information content (AvgIpc) is 3.11. The number of carbonyl (C=O) groups excluding carboxylic acids is 2. The van der Waals surface area contributed by atoms with Gasteiger partial charge in [-0.1, -0.05) is 25.5 Å². The van der Waals surface area contributed by atoms with Gasteiger partial charge in [-0.2, -0.15) is 0 Å². The van der Waals surface area contributed by atoms with Crippen molar-refractivity contribution in [2.45, 2.75) is 39.7 Å². The van der Waals surface area contributed by atoms with Crippen molar-refractivity contribution in [3.8, 4) is 0 Å². The molecule has 1 aliphatic rings. The Morgan fingerprint density at radius 3 is 2.62 bits per heavy atom. The molecule has 0 bridgehead atoms. The fraction of sp³-hybridized carbons (Fsp3) is 0.333. The number of aryl methyl sites for hydroxylation is 2. The maximum Gasteiger partial charge on any atom is 0.274 e. The van der Waals surface area contributed by atoms with Gasteiger partial charge in [-0.05, 0) is 32.4 Å². The Labute approximate surface area is 167 Å². The number of nitrogens with zero attached hydrogens (tertiary/aromatic N) is 3. The van der Waals surface area contributed by atoms with Crippen LogP contribution in [0.25, 0.3) is 0 Å². The standard InChI is InChI=1S/C21H22F2N4O2/c1-4-6-14-7-5-8-27(14)21(29)15-10-18(17(23)11-16(15)22)26-20(28)19-9-12(2)24-13(3)25-19/h5,7,9-11,14H,4,6,8H2,1-3H3,(H,26,28). The molecule has 1 aromatic heterocycles. The molecule has 0 saturated heterocycles. The molecule has 0 fully saturated rings. The maximum absolute atomic E-state index is 14.4. The fourth-order valence-electron chi connectivity index (χ4n) is 3.34. The first-order valence-corrected chi connectivity index (χ1v) is 9.40. The van der Waals surface area contributed by atoms with Crippen molar-refractivity contribution < 1.29 is 18.4 Å². The molecule has 0 aliphatic carbocycles.